The Hall–Kier alpha value is -1.35. The molecular formula is C11H11ClN2O. The van der Waals surface area contributed by atoms with Gasteiger partial charge in [0.15, 0.2) is 5.82 Å². The second-order valence-electron chi connectivity index (χ2n) is 3.52. The lowest BCUT2D eigenvalue weighted by molar-refractivity contribution is 0.0932. The summed E-state index contributed by atoms with van der Waals surface area (Å²) < 4.78 is 1.73. The molecule has 0 aromatic carbocycles. The van der Waals surface area contributed by atoms with Gasteiger partial charge in [0.25, 0.3) is 0 Å². The fourth-order valence-corrected chi connectivity index (χ4v) is 1.72. The first-order chi connectivity index (χ1) is 7.18. The molecule has 4 heteroatoms. The zero-order valence-corrected chi connectivity index (χ0v) is 9.11. The van der Waals surface area contributed by atoms with E-state index in [0.717, 1.165) is 0 Å². The van der Waals surface area contributed by atoms with Crippen molar-refractivity contribution in [2.24, 2.45) is 13.0 Å². The zero-order valence-electron chi connectivity index (χ0n) is 8.35. The lowest BCUT2D eigenvalue weighted by Gasteiger charge is -2.12. The van der Waals surface area contributed by atoms with Gasteiger partial charge in [-0.15, -0.1) is 0 Å². The van der Waals surface area contributed by atoms with E-state index in [-0.39, 0.29) is 11.7 Å². The number of nitrogens with zero attached hydrogens (tertiary/aromatic N) is 2. The Balaban J connectivity index is 2.17. The number of Topliss-reactive ketones (excluding diaryl/α,β-unsaturated/α-hetero) is 1. The highest BCUT2D eigenvalue weighted by molar-refractivity contribution is 6.31. The Kier molecular flexibility index (Phi) is 2.73. The number of imidazole rings is 1. The van der Waals surface area contributed by atoms with E-state index in [4.69, 9.17) is 11.6 Å². The van der Waals surface area contributed by atoms with E-state index in [9.17, 15) is 4.79 Å². The maximum absolute atomic E-state index is 12.0. The lowest BCUT2D eigenvalue weighted by Crippen LogP contribution is -2.17. The zero-order chi connectivity index (χ0) is 10.8. The highest BCUT2D eigenvalue weighted by Crippen LogP contribution is 2.21. The van der Waals surface area contributed by atoms with Crippen LogP contribution in [0, 0.1) is 5.92 Å². The molecule has 3 nitrogen and oxygen atoms in total. The summed E-state index contributed by atoms with van der Waals surface area (Å²) in [5, 5.41) is 0.693. The molecule has 0 aliphatic heterocycles. The van der Waals surface area contributed by atoms with E-state index in [1.165, 1.54) is 0 Å². The lowest BCUT2D eigenvalue weighted by atomic mass is 9.95. The first-order valence-corrected chi connectivity index (χ1v) is 5.11. The predicted octanol–water partition coefficient (Wildman–Crippen LogP) is 2.30. The summed E-state index contributed by atoms with van der Waals surface area (Å²) in [7, 11) is 1.82. The van der Waals surface area contributed by atoms with Crippen LogP contribution in [0.5, 0.6) is 0 Å². The number of aromatic nitrogens is 2. The summed E-state index contributed by atoms with van der Waals surface area (Å²) in [6.45, 7) is 0. The molecule has 0 spiro atoms. The van der Waals surface area contributed by atoms with Crippen LogP contribution in [0.3, 0.4) is 0 Å². The van der Waals surface area contributed by atoms with E-state index in [1.807, 2.05) is 19.2 Å². The van der Waals surface area contributed by atoms with E-state index in [2.05, 4.69) is 4.98 Å². The SMILES string of the molecule is Cn1ccnc1C(=O)C1C=CC(Cl)=CC1. The topological polar surface area (TPSA) is 34.9 Å². The summed E-state index contributed by atoms with van der Waals surface area (Å²) in [4.78, 5) is 16.0. The Morgan fingerprint density at radius 3 is 3.00 bits per heavy atom. The van der Waals surface area contributed by atoms with Gasteiger partial charge in [0.05, 0.1) is 0 Å². The average molecular weight is 223 g/mol. The molecule has 0 saturated heterocycles. The number of hydrogen-bond acceptors (Lipinski definition) is 2. The number of ketones is 1. The second kappa shape index (κ2) is 4.03. The van der Waals surface area contributed by atoms with E-state index >= 15 is 0 Å². The van der Waals surface area contributed by atoms with Gasteiger partial charge < -0.3 is 4.57 Å². The molecule has 1 aromatic rings. The third-order valence-electron chi connectivity index (χ3n) is 2.43. The van der Waals surface area contributed by atoms with Crippen LogP contribution in [-0.2, 0) is 7.05 Å². The van der Waals surface area contributed by atoms with Crippen molar-refractivity contribution in [2.75, 3.05) is 0 Å². The van der Waals surface area contributed by atoms with Crippen LogP contribution >= 0.6 is 11.6 Å². The number of halogens is 1. The van der Waals surface area contributed by atoms with E-state index in [1.54, 1.807) is 23.0 Å². The summed E-state index contributed by atoms with van der Waals surface area (Å²) >= 11 is 5.78. The molecule has 1 heterocycles. The largest absolute Gasteiger partial charge is 0.332 e. The average Bonchev–Trinajstić information content (AvgIpc) is 2.65. The minimum absolute atomic E-state index is 0.0409. The van der Waals surface area contributed by atoms with Crippen molar-refractivity contribution in [3.63, 3.8) is 0 Å². The molecule has 15 heavy (non-hydrogen) atoms. The standard InChI is InChI=1S/C11H11ClN2O/c1-14-7-6-13-11(14)10(15)8-2-4-9(12)5-3-8/h2,4-8H,3H2,1H3. The second-order valence-corrected chi connectivity index (χ2v) is 3.95. The third kappa shape index (κ3) is 2.02. The molecule has 1 aliphatic rings. The highest BCUT2D eigenvalue weighted by atomic mass is 35.5. The number of aryl methyl sites for hydroxylation is 1. The fraction of sp³-hybridized carbons (Fsp3) is 0.273. The first kappa shape index (κ1) is 10.2. The Morgan fingerprint density at radius 1 is 1.67 bits per heavy atom. The van der Waals surface area contributed by atoms with Gasteiger partial charge in [0.1, 0.15) is 0 Å². The number of allylic oxidation sites excluding steroid dienone is 4. The Labute approximate surface area is 93.1 Å². The van der Waals surface area contributed by atoms with Crippen LogP contribution in [0.4, 0.5) is 0 Å². The molecule has 0 radical (unpaired) electrons. The van der Waals surface area contributed by atoms with Crippen molar-refractivity contribution < 1.29 is 4.79 Å². The molecule has 0 amide bonds. The van der Waals surface area contributed by atoms with Crippen LogP contribution in [0.1, 0.15) is 17.0 Å². The van der Waals surface area contributed by atoms with Crippen molar-refractivity contribution in [2.45, 2.75) is 6.42 Å². The molecule has 1 aliphatic carbocycles. The number of rotatable bonds is 2. The molecule has 78 valence electrons. The van der Waals surface area contributed by atoms with Crippen LogP contribution in [0.15, 0.2) is 35.7 Å². The van der Waals surface area contributed by atoms with Gasteiger partial charge in [-0.3, -0.25) is 4.79 Å². The maximum Gasteiger partial charge on any atom is 0.205 e. The van der Waals surface area contributed by atoms with Crippen molar-refractivity contribution >= 4 is 17.4 Å². The summed E-state index contributed by atoms with van der Waals surface area (Å²) in [5.74, 6) is 0.406. The molecule has 0 fully saturated rings. The van der Waals surface area contributed by atoms with Gasteiger partial charge >= 0.3 is 0 Å². The van der Waals surface area contributed by atoms with Gasteiger partial charge in [-0.1, -0.05) is 23.8 Å². The Bertz CT molecular complexity index is 445. The van der Waals surface area contributed by atoms with Gasteiger partial charge in [-0.05, 0) is 12.5 Å². The van der Waals surface area contributed by atoms with Crippen molar-refractivity contribution in [3.8, 4) is 0 Å². The number of hydrogen-bond donors (Lipinski definition) is 0. The number of carbonyl (C=O) groups is 1. The van der Waals surface area contributed by atoms with Crippen molar-refractivity contribution in [1.29, 1.82) is 0 Å². The smallest absolute Gasteiger partial charge is 0.205 e. The summed E-state index contributed by atoms with van der Waals surface area (Å²) in [6.07, 6.45) is 9.50. The minimum atomic E-state index is -0.131. The molecule has 1 unspecified atom stereocenters. The molecule has 1 aromatic heterocycles. The van der Waals surface area contributed by atoms with Gasteiger partial charge in [-0.25, -0.2) is 4.98 Å². The Morgan fingerprint density at radius 2 is 2.47 bits per heavy atom. The van der Waals surface area contributed by atoms with Gasteiger partial charge in [0, 0.05) is 30.4 Å². The normalized spacial score (nSPS) is 20.1. The number of carbonyl (C=O) groups excluding carboxylic acids is 1. The van der Waals surface area contributed by atoms with Crippen LogP contribution in [-0.4, -0.2) is 15.3 Å². The van der Waals surface area contributed by atoms with Crippen LogP contribution in [0.25, 0.3) is 0 Å². The minimum Gasteiger partial charge on any atom is -0.332 e. The molecule has 1 atom stereocenters. The monoisotopic (exact) mass is 222 g/mol. The van der Waals surface area contributed by atoms with Crippen LogP contribution in [0.2, 0.25) is 0 Å². The first-order valence-electron chi connectivity index (χ1n) is 4.74. The molecule has 0 bridgehead atoms. The highest BCUT2D eigenvalue weighted by Gasteiger charge is 2.21. The van der Waals surface area contributed by atoms with Gasteiger partial charge in [0.2, 0.25) is 5.78 Å². The molecular weight excluding hydrogens is 212 g/mol. The molecule has 0 saturated carbocycles. The summed E-state index contributed by atoms with van der Waals surface area (Å²) in [6, 6.07) is 0. The van der Waals surface area contributed by atoms with Crippen molar-refractivity contribution in [1.82, 2.24) is 9.55 Å². The quantitative estimate of drug-likeness (QED) is 0.720. The van der Waals surface area contributed by atoms with E-state index < -0.39 is 0 Å². The van der Waals surface area contributed by atoms with Crippen molar-refractivity contribution in [3.05, 3.63) is 41.5 Å². The van der Waals surface area contributed by atoms with Gasteiger partial charge in [-0.2, -0.15) is 0 Å². The summed E-state index contributed by atoms with van der Waals surface area (Å²) in [5.41, 5.74) is 0. The molecule has 2 rings (SSSR count). The third-order valence-corrected chi connectivity index (χ3v) is 2.71. The van der Waals surface area contributed by atoms with E-state index in [0.29, 0.717) is 17.3 Å². The van der Waals surface area contributed by atoms with Crippen LogP contribution < -0.4 is 0 Å². The fourth-order valence-electron chi connectivity index (χ4n) is 1.56. The maximum atomic E-state index is 12.0. The predicted molar refractivity (Wildman–Crippen MR) is 58.7 cm³/mol. The molecule has 0 N–H and O–H groups in total.